The van der Waals surface area contributed by atoms with Crippen LogP contribution in [0.1, 0.15) is 29.2 Å². The van der Waals surface area contributed by atoms with Crippen LogP contribution < -0.4 is 10.1 Å². The molecule has 122 valence electrons. The maximum atomic E-state index is 12.4. The summed E-state index contributed by atoms with van der Waals surface area (Å²) in [5, 5.41) is 3.50. The second-order valence-electron chi connectivity index (χ2n) is 5.87. The number of halogens is 1. The molecule has 2 aromatic carbocycles. The average Bonchev–Trinajstić information content (AvgIpc) is 2.48. The molecule has 0 aromatic heterocycles. The molecule has 3 nitrogen and oxygen atoms in total. The molecule has 0 aliphatic heterocycles. The Bertz CT molecular complexity index is 740. The molecule has 0 unspecified atom stereocenters. The third-order valence-corrected chi connectivity index (χ3v) is 4.37. The summed E-state index contributed by atoms with van der Waals surface area (Å²) in [4.78, 5) is 12.4. The number of nitrogens with one attached hydrogen (secondary N) is 1. The van der Waals surface area contributed by atoms with Gasteiger partial charge in [-0.15, -0.1) is 0 Å². The Hall–Kier alpha value is -2.00. The molecule has 23 heavy (non-hydrogen) atoms. The Labute approximate surface area is 142 Å². The van der Waals surface area contributed by atoms with Gasteiger partial charge >= 0.3 is 0 Å². The molecule has 0 fully saturated rings. The molecule has 1 N–H and O–H groups in total. The standard InChI is InChI=1S/C19H22ClNO2/c1-11-9-12(2)13(3)18(10-11)23-15(5)19(22)21-17-8-6-7-16(20)14(17)4/h6-10,15H,1-5H3,(H,21,22)/t15-/m0/s1. The van der Waals surface area contributed by atoms with Crippen LogP contribution in [0.25, 0.3) is 0 Å². The number of rotatable bonds is 4. The van der Waals surface area contributed by atoms with E-state index in [-0.39, 0.29) is 5.91 Å². The number of hydrogen-bond donors (Lipinski definition) is 1. The first-order chi connectivity index (χ1) is 10.8. The smallest absolute Gasteiger partial charge is 0.265 e. The van der Waals surface area contributed by atoms with Gasteiger partial charge in [0.25, 0.3) is 5.91 Å². The van der Waals surface area contributed by atoms with Gasteiger partial charge in [-0.2, -0.15) is 0 Å². The molecule has 0 bridgehead atoms. The normalized spacial score (nSPS) is 11.9. The first-order valence-corrected chi connectivity index (χ1v) is 7.98. The number of carbonyl (C=O) groups is 1. The minimum absolute atomic E-state index is 0.200. The number of anilines is 1. The summed E-state index contributed by atoms with van der Waals surface area (Å²) < 4.78 is 5.87. The van der Waals surface area contributed by atoms with Crippen molar-refractivity contribution in [2.75, 3.05) is 5.32 Å². The SMILES string of the molecule is Cc1cc(C)c(C)c(O[C@@H](C)C(=O)Nc2cccc(Cl)c2C)c1. The van der Waals surface area contributed by atoms with Gasteiger partial charge in [-0.25, -0.2) is 0 Å². The van der Waals surface area contributed by atoms with E-state index in [4.69, 9.17) is 16.3 Å². The largest absolute Gasteiger partial charge is 0.481 e. The van der Waals surface area contributed by atoms with Gasteiger partial charge < -0.3 is 10.1 Å². The predicted molar refractivity (Wildman–Crippen MR) is 95.6 cm³/mol. The van der Waals surface area contributed by atoms with Crippen molar-refractivity contribution in [1.29, 1.82) is 0 Å². The topological polar surface area (TPSA) is 38.3 Å². The van der Waals surface area contributed by atoms with Crippen LogP contribution in [0.4, 0.5) is 5.69 Å². The minimum atomic E-state index is -0.603. The van der Waals surface area contributed by atoms with Crippen LogP contribution in [0, 0.1) is 27.7 Å². The Kier molecular flexibility index (Phi) is 5.32. The van der Waals surface area contributed by atoms with Crippen molar-refractivity contribution in [2.45, 2.75) is 40.7 Å². The molecule has 2 aromatic rings. The van der Waals surface area contributed by atoms with Crippen molar-refractivity contribution in [1.82, 2.24) is 0 Å². The van der Waals surface area contributed by atoms with E-state index in [0.717, 1.165) is 28.0 Å². The van der Waals surface area contributed by atoms with Gasteiger partial charge in [0.05, 0.1) is 0 Å². The van der Waals surface area contributed by atoms with Crippen molar-refractivity contribution >= 4 is 23.2 Å². The van der Waals surface area contributed by atoms with E-state index in [2.05, 4.69) is 11.4 Å². The molecule has 0 saturated heterocycles. The van der Waals surface area contributed by atoms with Crippen molar-refractivity contribution in [3.05, 3.63) is 57.6 Å². The van der Waals surface area contributed by atoms with E-state index in [1.807, 2.05) is 45.9 Å². The zero-order valence-corrected chi connectivity index (χ0v) is 14.9. The summed E-state index contributed by atoms with van der Waals surface area (Å²) in [5.74, 6) is 0.543. The summed E-state index contributed by atoms with van der Waals surface area (Å²) >= 11 is 6.08. The molecule has 0 saturated carbocycles. The zero-order chi connectivity index (χ0) is 17.1. The lowest BCUT2D eigenvalue weighted by molar-refractivity contribution is -0.122. The summed E-state index contributed by atoms with van der Waals surface area (Å²) in [6, 6.07) is 9.49. The molecule has 0 radical (unpaired) electrons. The molecular weight excluding hydrogens is 310 g/mol. The van der Waals surface area contributed by atoms with Gasteiger partial charge in [0.2, 0.25) is 0 Å². The lowest BCUT2D eigenvalue weighted by atomic mass is 10.1. The summed E-state index contributed by atoms with van der Waals surface area (Å²) in [6.45, 7) is 9.66. The third-order valence-electron chi connectivity index (χ3n) is 3.96. The lowest BCUT2D eigenvalue weighted by Crippen LogP contribution is -2.30. The average molecular weight is 332 g/mol. The fraction of sp³-hybridized carbons (Fsp3) is 0.316. The van der Waals surface area contributed by atoms with Crippen LogP contribution in [-0.2, 0) is 4.79 Å². The lowest BCUT2D eigenvalue weighted by Gasteiger charge is -2.18. The highest BCUT2D eigenvalue weighted by Gasteiger charge is 2.17. The molecule has 4 heteroatoms. The van der Waals surface area contributed by atoms with Crippen LogP contribution in [0.2, 0.25) is 5.02 Å². The van der Waals surface area contributed by atoms with Crippen molar-refractivity contribution in [2.24, 2.45) is 0 Å². The Morgan fingerprint density at radius 2 is 1.83 bits per heavy atom. The van der Waals surface area contributed by atoms with Crippen LogP contribution >= 0.6 is 11.6 Å². The van der Waals surface area contributed by atoms with Crippen molar-refractivity contribution < 1.29 is 9.53 Å². The third kappa shape index (κ3) is 4.05. The number of benzene rings is 2. The van der Waals surface area contributed by atoms with Gasteiger partial charge in [0, 0.05) is 10.7 Å². The van der Waals surface area contributed by atoms with Crippen LogP contribution in [0.5, 0.6) is 5.75 Å². The Morgan fingerprint density at radius 3 is 2.52 bits per heavy atom. The van der Waals surface area contributed by atoms with E-state index < -0.39 is 6.10 Å². The highest BCUT2D eigenvalue weighted by Crippen LogP contribution is 2.26. The number of hydrogen-bond acceptors (Lipinski definition) is 2. The maximum absolute atomic E-state index is 12.4. The first kappa shape index (κ1) is 17.4. The quantitative estimate of drug-likeness (QED) is 0.858. The van der Waals surface area contributed by atoms with Gasteiger partial charge in [-0.05, 0) is 75.1 Å². The highest BCUT2D eigenvalue weighted by atomic mass is 35.5. The Morgan fingerprint density at radius 1 is 1.13 bits per heavy atom. The van der Waals surface area contributed by atoms with Crippen molar-refractivity contribution in [3.8, 4) is 5.75 Å². The molecule has 0 aliphatic rings. The minimum Gasteiger partial charge on any atom is -0.481 e. The molecular formula is C19H22ClNO2. The Balaban J connectivity index is 2.13. The second kappa shape index (κ2) is 7.05. The summed E-state index contributed by atoms with van der Waals surface area (Å²) in [7, 11) is 0. The molecule has 1 amide bonds. The molecule has 0 heterocycles. The summed E-state index contributed by atoms with van der Waals surface area (Å²) in [6.07, 6.45) is -0.603. The van der Waals surface area contributed by atoms with E-state index >= 15 is 0 Å². The fourth-order valence-corrected chi connectivity index (χ4v) is 2.52. The highest BCUT2D eigenvalue weighted by molar-refractivity contribution is 6.31. The van der Waals surface area contributed by atoms with Gasteiger partial charge in [-0.1, -0.05) is 23.7 Å². The van der Waals surface area contributed by atoms with Gasteiger partial charge in [-0.3, -0.25) is 4.79 Å². The fourth-order valence-electron chi connectivity index (χ4n) is 2.34. The summed E-state index contributed by atoms with van der Waals surface area (Å²) in [5.41, 5.74) is 4.86. The number of carbonyl (C=O) groups excluding carboxylic acids is 1. The monoisotopic (exact) mass is 331 g/mol. The molecule has 0 aliphatic carbocycles. The second-order valence-corrected chi connectivity index (χ2v) is 6.27. The predicted octanol–water partition coefficient (Wildman–Crippen LogP) is 4.98. The van der Waals surface area contributed by atoms with Crippen LogP contribution in [-0.4, -0.2) is 12.0 Å². The number of aryl methyl sites for hydroxylation is 2. The molecule has 0 spiro atoms. The molecule has 1 atom stereocenters. The van der Waals surface area contributed by atoms with E-state index in [1.54, 1.807) is 13.0 Å². The maximum Gasteiger partial charge on any atom is 0.265 e. The van der Waals surface area contributed by atoms with E-state index in [1.165, 1.54) is 0 Å². The van der Waals surface area contributed by atoms with Crippen LogP contribution in [0.3, 0.4) is 0 Å². The number of ether oxygens (including phenoxy) is 1. The van der Waals surface area contributed by atoms with Crippen LogP contribution in [0.15, 0.2) is 30.3 Å². The first-order valence-electron chi connectivity index (χ1n) is 7.60. The zero-order valence-electron chi connectivity index (χ0n) is 14.2. The van der Waals surface area contributed by atoms with Gasteiger partial charge in [0.15, 0.2) is 6.10 Å². The molecule has 2 rings (SSSR count). The number of amides is 1. The van der Waals surface area contributed by atoms with E-state index in [9.17, 15) is 4.79 Å². The van der Waals surface area contributed by atoms with E-state index in [0.29, 0.717) is 10.7 Å². The van der Waals surface area contributed by atoms with Gasteiger partial charge in [0.1, 0.15) is 5.75 Å². The van der Waals surface area contributed by atoms with Crippen molar-refractivity contribution in [3.63, 3.8) is 0 Å².